The van der Waals surface area contributed by atoms with Gasteiger partial charge in [0.2, 0.25) is 5.88 Å². The van der Waals surface area contributed by atoms with E-state index in [0.29, 0.717) is 40.3 Å². The van der Waals surface area contributed by atoms with Crippen LogP contribution in [0.5, 0.6) is 11.6 Å². The largest absolute Gasteiger partial charge is 0.495 e. The molecule has 0 saturated heterocycles. The van der Waals surface area contributed by atoms with E-state index in [2.05, 4.69) is 20.5 Å². The Morgan fingerprint density at radius 1 is 1.32 bits per heavy atom. The van der Waals surface area contributed by atoms with Gasteiger partial charge in [0, 0.05) is 48.9 Å². The molecule has 1 fully saturated rings. The first-order chi connectivity index (χ1) is 14.9. The van der Waals surface area contributed by atoms with Crippen LogP contribution in [0.15, 0.2) is 41.6 Å². The zero-order valence-electron chi connectivity index (χ0n) is 17.0. The third-order valence-corrected chi connectivity index (χ3v) is 5.12. The van der Waals surface area contributed by atoms with Gasteiger partial charge in [0.15, 0.2) is 0 Å². The second-order valence-electron chi connectivity index (χ2n) is 7.32. The SMILES string of the molecule is COc1ccc([C@H]2C[C@@H]2COc2cc(NCc3cnn(C(F)F)c3)c(=O)n(C)n2)nc1. The van der Waals surface area contributed by atoms with Crippen LogP contribution in [0, 0.1) is 5.92 Å². The van der Waals surface area contributed by atoms with E-state index in [-0.39, 0.29) is 17.8 Å². The number of anilines is 1. The van der Waals surface area contributed by atoms with E-state index in [1.807, 2.05) is 12.1 Å². The fourth-order valence-corrected chi connectivity index (χ4v) is 3.27. The van der Waals surface area contributed by atoms with Crippen molar-refractivity contribution in [1.82, 2.24) is 24.5 Å². The summed E-state index contributed by atoms with van der Waals surface area (Å²) >= 11 is 0. The number of rotatable bonds is 9. The van der Waals surface area contributed by atoms with Crippen LogP contribution in [0.25, 0.3) is 0 Å². The molecule has 0 spiro atoms. The average Bonchev–Trinajstić information content (AvgIpc) is 3.39. The predicted octanol–water partition coefficient (Wildman–Crippen LogP) is 2.57. The van der Waals surface area contributed by atoms with Gasteiger partial charge in [-0.1, -0.05) is 0 Å². The van der Waals surface area contributed by atoms with Crippen molar-refractivity contribution >= 4 is 5.69 Å². The Kier molecular flexibility index (Phi) is 5.83. The maximum absolute atomic E-state index is 12.6. The first kappa shape index (κ1) is 20.8. The van der Waals surface area contributed by atoms with Crippen LogP contribution in [-0.2, 0) is 13.6 Å². The summed E-state index contributed by atoms with van der Waals surface area (Å²) in [6.07, 6.45) is 5.21. The monoisotopic (exact) mass is 432 g/mol. The van der Waals surface area contributed by atoms with E-state index in [1.165, 1.54) is 30.2 Å². The van der Waals surface area contributed by atoms with E-state index in [9.17, 15) is 13.6 Å². The van der Waals surface area contributed by atoms with Gasteiger partial charge in [-0.25, -0.2) is 9.36 Å². The fraction of sp³-hybridized carbons (Fsp3) is 0.400. The van der Waals surface area contributed by atoms with Crippen molar-refractivity contribution in [2.45, 2.75) is 25.4 Å². The molecule has 0 aromatic carbocycles. The summed E-state index contributed by atoms with van der Waals surface area (Å²) in [6.45, 7) is -2.09. The number of hydrogen-bond donors (Lipinski definition) is 1. The zero-order chi connectivity index (χ0) is 22.0. The predicted molar refractivity (Wildman–Crippen MR) is 107 cm³/mol. The molecule has 2 atom stereocenters. The van der Waals surface area contributed by atoms with Gasteiger partial charge in [0.25, 0.3) is 5.56 Å². The number of methoxy groups -OCH3 is 1. The van der Waals surface area contributed by atoms with E-state index in [0.717, 1.165) is 12.1 Å². The Morgan fingerprint density at radius 3 is 2.84 bits per heavy atom. The number of nitrogens with one attached hydrogen (secondary N) is 1. The highest BCUT2D eigenvalue weighted by Crippen LogP contribution is 2.46. The topological polar surface area (TPSA) is 96.1 Å². The number of halogens is 2. The molecule has 1 aliphatic carbocycles. The van der Waals surface area contributed by atoms with E-state index in [1.54, 1.807) is 13.3 Å². The Morgan fingerprint density at radius 2 is 2.16 bits per heavy atom. The van der Waals surface area contributed by atoms with Gasteiger partial charge in [-0.2, -0.15) is 13.9 Å². The summed E-state index contributed by atoms with van der Waals surface area (Å²) in [5.74, 6) is 1.66. The number of aromatic nitrogens is 5. The third kappa shape index (κ3) is 4.81. The van der Waals surface area contributed by atoms with E-state index < -0.39 is 6.55 Å². The fourth-order valence-electron chi connectivity index (χ4n) is 3.27. The highest BCUT2D eigenvalue weighted by atomic mass is 19.3. The molecule has 4 rings (SSSR count). The lowest BCUT2D eigenvalue weighted by Gasteiger charge is -2.10. The normalized spacial score (nSPS) is 17.6. The highest BCUT2D eigenvalue weighted by Gasteiger charge is 2.40. The number of hydrogen-bond acceptors (Lipinski definition) is 7. The van der Waals surface area contributed by atoms with Crippen LogP contribution in [0.2, 0.25) is 0 Å². The molecule has 0 bridgehead atoms. The highest BCUT2D eigenvalue weighted by molar-refractivity contribution is 5.43. The van der Waals surface area contributed by atoms with Crippen LogP contribution < -0.4 is 20.3 Å². The van der Waals surface area contributed by atoms with Gasteiger partial charge >= 0.3 is 6.55 Å². The molecule has 31 heavy (non-hydrogen) atoms. The first-order valence-corrected chi connectivity index (χ1v) is 9.70. The Bertz CT molecular complexity index is 1100. The van der Waals surface area contributed by atoms with E-state index >= 15 is 0 Å². The summed E-state index contributed by atoms with van der Waals surface area (Å²) in [5.41, 5.74) is 1.44. The van der Waals surface area contributed by atoms with Gasteiger partial charge in [-0.3, -0.25) is 9.78 Å². The Labute approximate surface area is 176 Å². The van der Waals surface area contributed by atoms with Gasteiger partial charge in [0.05, 0.1) is 26.1 Å². The van der Waals surface area contributed by atoms with Crippen molar-refractivity contribution < 1.29 is 18.3 Å². The summed E-state index contributed by atoms with van der Waals surface area (Å²) in [7, 11) is 3.13. The molecule has 0 amide bonds. The third-order valence-electron chi connectivity index (χ3n) is 5.12. The molecule has 3 aromatic rings. The maximum atomic E-state index is 12.6. The molecule has 0 aliphatic heterocycles. The molecule has 1 N–H and O–H groups in total. The van der Waals surface area contributed by atoms with Gasteiger partial charge in [0.1, 0.15) is 11.4 Å². The smallest absolute Gasteiger partial charge is 0.333 e. The molecule has 3 heterocycles. The number of pyridine rings is 1. The lowest BCUT2D eigenvalue weighted by Crippen LogP contribution is -2.24. The maximum Gasteiger partial charge on any atom is 0.333 e. The summed E-state index contributed by atoms with van der Waals surface area (Å²) < 4.78 is 37.9. The molecule has 9 nitrogen and oxygen atoms in total. The molecule has 1 saturated carbocycles. The van der Waals surface area contributed by atoms with Gasteiger partial charge in [-0.05, 0) is 18.6 Å². The van der Waals surface area contributed by atoms with Crippen LogP contribution in [-0.4, -0.2) is 38.3 Å². The van der Waals surface area contributed by atoms with Crippen molar-refractivity contribution in [3.63, 3.8) is 0 Å². The standard InChI is InChI=1S/C20H22F2N6O3/c1-27-19(29)17(23-7-12-8-25-28(10-12)20(21)22)6-18(26-27)31-11-13-5-15(13)16-4-3-14(30-2)9-24-16/h3-4,6,8-10,13,15,20,23H,5,7,11H2,1-2H3/t13-,15+/m1/s1. The number of ether oxygens (including phenoxy) is 2. The second-order valence-corrected chi connectivity index (χ2v) is 7.32. The minimum absolute atomic E-state index is 0.166. The van der Waals surface area contributed by atoms with E-state index in [4.69, 9.17) is 9.47 Å². The van der Waals surface area contributed by atoms with Crippen LogP contribution in [0.1, 0.15) is 30.1 Å². The first-order valence-electron chi connectivity index (χ1n) is 9.70. The van der Waals surface area contributed by atoms with Crippen molar-refractivity contribution in [3.05, 3.63) is 58.4 Å². The van der Waals surface area contributed by atoms with Crippen LogP contribution >= 0.6 is 0 Å². The molecule has 0 radical (unpaired) electrons. The quantitative estimate of drug-likeness (QED) is 0.555. The number of aryl methyl sites for hydroxylation is 1. The van der Waals surface area contributed by atoms with Crippen LogP contribution in [0.3, 0.4) is 0 Å². The lowest BCUT2D eigenvalue weighted by atomic mass is 10.2. The molecule has 164 valence electrons. The van der Waals surface area contributed by atoms with Crippen molar-refractivity contribution in [2.24, 2.45) is 13.0 Å². The zero-order valence-corrected chi connectivity index (χ0v) is 17.0. The lowest BCUT2D eigenvalue weighted by molar-refractivity contribution is 0.0565. The van der Waals surface area contributed by atoms with Crippen molar-refractivity contribution in [3.8, 4) is 11.6 Å². The Balaban J connectivity index is 1.35. The van der Waals surface area contributed by atoms with Crippen molar-refractivity contribution in [1.29, 1.82) is 0 Å². The minimum atomic E-state index is -2.71. The second kappa shape index (κ2) is 8.70. The number of nitrogens with zero attached hydrogens (tertiary/aromatic N) is 5. The minimum Gasteiger partial charge on any atom is -0.495 e. The number of alkyl halides is 2. The molecule has 11 heteroatoms. The molecule has 0 unspecified atom stereocenters. The van der Waals surface area contributed by atoms with Gasteiger partial charge < -0.3 is 14.8 Å². The van der Waals surface area contributed by atoms with Crippen molar-refractivity contribution in [2.75, 3.05) is 19.0 Å². The Hall–Kier alpha value is -3.50. The summed E-state index contributed by atoms with van der Waals surface area (Å²) in [5, 5.41) is 10.6. The molecular formula is C20H22F2N6O3. The summed E-state index contributed by atoms with van der Waals surface area (Å²) in [6, 6.07) is 5.35. The molecular weight excluding hydrogens is 410 g/mol. The summed E-state index contributed by atoms with van der Waals surface area (Å²) in [4.78, 5) is 16.7. The molecule has 1 aliphatic rings. The average molecular weight is 432 g/mol. The van der Waals surface area contributed by atoms with Gasteiger partial charge in [-0.15, -0.1) is 5.10 Å². The van der Waals surface area contributed by atoms with Crippen LogP contribution in [0.4, 0.5) is 14.5 Å². The molecule has 3 aromatic heterocycles.